The van der Waals surface area contributed by atoms with Crippen molar-refractivity contribution in [2.75, 3.05) is 24.6 Å². The van der Waals surface area contributed by atoms with Crippen molar-refractivity contribution in [3.05, 3.63) is 41.2 Å². The molecule has 3 N–H and O–H groups in total. The number of anilines is 2. The number of ether oxygens (including phenoxy) is 1. The monoisotopic (exact) mass is 424 g/mol. The molecule has 0 bridgehead atoms. The third-order valence-electron chi connectivity index (χ3n) is 5.33. The molecule has 30 heavy (non-hydrogen) atoms. The number of thiazole rings is 1. The van der Waals surface area contributed by atoms with Crippen molar-refractivity contribution in [3.63, 3.8) is 0 Å². The summed E-state index contributed by atoms with van der Waals surface area (Å²) in [6.07, 6.45) is 4.57. The van der Waals surface area contributed by atoms with Crippen molar-refractivity contribution in [3.8, 4) is 16.9 Å². The molecule has 0 saturated heterocycles. The number of amides is 1. The number of nitrogens with one attached hydrogen (secondary N) is 1. The van der Waals surface area contributed by atoms with Crippen LogP contribution < -0.4 is 20.7 Å². The van der Waals surface area contributed by atoms with Gasteiger partial charge in [-0.25, -0.2) is 4.98 Å². The molecule has 5 rings (SSSR count). The standard InChI is InChI=1S/C21H24N6O2S/c1-21(2)10-15-18(19(28)25-21)30-20(24-15)27-7-8-29-17-4-3-13(9-16(17)27)14-11-23-26(12-14)6-5-22/h3-4,9,11-12H,5-8,10,22H2,1-2H3,(H,25,28). The van der Waals surface area contributed by atoms with Crippen LogP contribution in [0.4, 0.5) is 10.8 Å². The van der Waals surface area contributed by atoms with E-state index in [4.69, 9.17) is 15.5 Å². The molecule has 0 unspecified atom stereocenters. The van der Waals surface area contributed by atoms with Gasteiger partial charge in [0.2, 0.25) is 0 Å². The SMILES string of the molecule is CC1(C)Cc2nc(N3CCOc4ccc(-c5cnn(CCN)c5)cc43)sc2C(=O)N1. The van der Waals surface area contributed by atoms with E-state index >= 15 is 0 Å². The highest BCUT2D eigenvalue weighted by Gasteiger charge is 2.34. The zero-order valence-electron chi connectivity index (χ0n) is 17.0. The van der Waals surface area contributed by atoms with Gasteiger partial charge in [0.25, 0.3) is 5.91 Å². The molecule has 0 aliphatic carbocycles. The minimum atomic E-state index is -0.283. The molecule has 0 spiro atoms. The van der Waals surface area contributed by atoms with Crippen molar-refractivity contribution in [2.24, 2.45) is 5.73 Å². The van der Waals surface area contributed by atoms with Crippen molar-refractivity contribution < 1.29 is 9.53 Å². The minimum absolute atomic E-state index is 0.0421. The summed E-state index contributed by atoms with van der Waals surface area (Å²) in [5.41, 5.74) is 9.25. The maximum atomic E-state index is 12.5. The Balaban J connectivity index is 1.52. The fourth-order valence-electron chi connectivity index (χ4n) is 3.94. The van der Waals surface area contributed by atoms with Gasteiger partial charge < -0.3 is 20.7 Å². The van der Waals surface area contributed by atoms with E-state index in [1.807, 2.05) is 43.1 Å². The Morgan fingerprint density at radius 2 is 2.20 bits per heavy atom. The summed E-state index contributed by atoms with van der Waals surface area (Å²) in [5.74, 6) is 0.775. The predicted octanol–water partition coefficient (Wildman–Crippen LogP) is 2.56. The molecule has 9 heteroatoms. The van der Waals surface area contributed by atoms with Crippen LogP contribution in [0.3, 0.4) is 0 Å². The smallest absolute Gasteiger partial charge is 0.263 e. The first kappa shape index (κ1) is 19.1. The molecule has 3 aromatic rings. The third-order valence-corrected chi connectivity index (χ3v) is 6.45. The first-order chi connectivity index (χ1) is 14.4. The van der Waals surface area contributed by atoms with Crippen LogP contribution in [0.5, 0.6) is 5.75 Å². The number of rotatable bonds is 4. The van der Waals surface area contributed by atoms with Crippen molar-refractivity contribution in [1.29, 1.82) is 0 Å². The fourth-order valence-corrected chi connectivity index (χ4v) is 4.96. The first-order valence-corrected chi connectivity index (χ1v) is 10.8. The van der Waals surface area contributed by atoms with E-state index in [9.17, 15) is 4.79 Å². The molecular formula is C21H24N6O2S. The maximum absolute atomic E-state index is 12.5. The zero-order valence-corrected chi connectivity index (χ0v) is 17.8. The number of hydrogen-bond acceptors (Lipinski definition) is 7. The number of benzene rings is 1. The second-order valence-electron chi connectivity index (χ2n) is 8.25. The molecule has 0 saturated carbocycles. The Bertz CT molecular complexity index is 1120. The van der Waals surface area contributed by atoms with E-state index in [1.165, 1.54) is 11.3 Å². The molecule has 0 atom stereocenters. The number of nitrogens with zero attached hydrogens (tertiary/aromatic N) is 4. The number of fused-ring (bicyclic) bond motifs is 2. The van der Waals surface area contributed by atoms with Crippen molar-refractivity contribution in [1.82, 2.24) is 20.1 Å². The summed E-state index contributed by atoms with van der Waals surface area (Å²) in [5, 5.41) is 8.26. The van der Waals surface area contributed by atoms with Crippen LogP contribution in [0.2, 0.25) is 0 Å². The summed E-state index contributed by atoms with van der Waals surface area (Å²) in [4.78, 5) is 20.2. The van der Waals surface area contributed by atoms with E-state index < -0.39 is 0 Å². The predicted molar refractivity (Wildman–Crippen MR) is 117 cm³/mol. The normalized spacial score (nSPS) is 17.2. The fraction of sp³-hybridized carbons (Fsp3) is 0.381. The van der Waals surface area contributed by atoms with E-state index in [0.29, 0.717) is 31.1 Å². The molecule has 8 nitrogen and oxygen atoms in total. The molecule has 0 fully saturated rings. The second-order valence-corrected chi connectivity index (χ2v) is 9.23. The van der Waals surface area contributed by atoms with Crippen LogP contribution in [0.1, 0.15) is 29.2 Å². The van der Waals surface area contributed by atoms with E-state index in [0.717, 1.165) is 39.8 Å². The molecule has 4 heterocycles. The van der Waals surface area contributed by atoms with Gasteiger partial charge in [-0.1, -0.05) is 17.4 Å². The van der Waals surface area contributed by atoms with Crippen LogP contribution in [-0.4, -0.2) is 45.9 Å². The average Bonchev–Trinajstić information content (AvgIpc) is 3.34. The van der Waals surface area contributed by atoms with Crippen LogP contribution in [-0.2, 0) is 13.0 Å². The quantitative estimate of drug-likeness (QED) is 0.668. The lowest BCUT2D eigenvalue weighted by molar-refractivity contribution is 0.0901. The van der Waals surface area contributed by atoms with Gasteiger partial charge in [0, 0.05) is 30.3 Å². The van der Waals surface area contributed by atoms with Gasteiger partial charge in [-0.15, -0.1) is 0 Å². The van der Waals surface area contributed by atoms with E-state index in [2.05, 4.69) is 21.4 Å². The number of nitrogens with two attached hydrogens (primary N) is 1. The largest absolute Gasteiger partial charge is 0.490 e. The summed E-state index contributed by atoms with van der Waals surface area (Å²) < 4.78 is 7.73. The maximum Gasteiger partial charge on any atom is 0.263 e. The molecule has 1 amide bonds. The number of carbonyl (C=O) groups excluding carboxylic acids is 1. The lowest BCUT2D eigenvalue weighted by Gasteiger charge is -2.29. The Labute approximate surface area is 178 Å². The lowest BCUT2D eigenvalue weighted by atomic mass is 9.94. The van der Waals surface area contributed by atoms with Crippen LogP contribution in [0, 0.1) is 0 Å². The van der Waals surface area contributed by atoms with Gasteiger partial charge in [-0.3, -0.25) is 9.48 Å². The summed E-state index contributed by atoms with van der Waals surface area (Å²) in [7, 11) is 0. The summed E-state index contributed by atoms with van der Waals surface area (Å²) in [6, 6.07) is 6.12. The number of hydrogen-bond donors (Lipinski definition) is 2. The Hall–Kier alpha value is -2.91. The van der Waals surface area contributed by atoms with Gasteiger partial charge in [0.1, 0.15) is 17.2 Å². The van der Waals surface area contributed by atoms with Gasteiger partial charge in [-0.05, 0) is 31.5 Å². The zero-order chi connectivity index (χ0) is 20.9. The first-order valence-electron chi connectivity index (χ1n) is 10.0. The van der Waals surface area contributed by atoms with Crippen molar-refractivity contribution >= 4 is 28.1 Å². The van der Waals surface area contributed by atoms with Gasteiger partial charge >= 0.3 is 0 Å². The van der Waals surface area contributed by atoms with E-state index in [1.54, 1.807) is 0 Å². The Kier molecular flexibility index (Phi) is 4.52. The highest BCUT2D eigenvalue weighted by molar-refractivity contribution is 7.17. The summed E-state index contributed by atoms with van der Waals surface area (Å²) >= 11 is 1.44. The summed E-state index contributed by atoms with van der Waals surface area (Å²) in [6.45, 7) is 6.53. The number of aromatic nitrogens is 3. The molecule has 0 radical (unpaired) electrons. The van der Waals surface area contributed by atoms with E-state index in [-0.39, 0.29) is 11.4 Å². The lowest BCUT2D eigenvalue weighted by Crippen LogP contribution is -2.48. The molecule has 156 valence electrons. The third kappa shape index (κ3) is 3.33. The van der Waals surface area contributed by atoms with Crippen LogP contribution in [0.25, 0.3) is 11.1 Å². The molecule has 2 aromatic heterocycles. The minimum Gasteiger partial charge on any atom is -0.490 e. The van der Waals surface area contributed by atoms with Gasteiger partial charge in [-0.2, -0.15) is 5.10 Å². The highest BCUT2D eigenvalue weighted by atomic mass is 32.1. The Morgan fingerprint density at radius 1 is 1.33 bits per heavy atom. The van der Waals surface area contributed by atoms with Crippen LogP contribution >= 0.6 is 11.3 Å². The van der Waals surface area contributed by atoms with Crippen LogP contribution in [0.15, 0.2) is 30.6 Å². The molecular weight excluding hydrogens is 400 g/mol. The Morgan fingerprint density at radius 3 is 3.03 bits per heavy atom. The highest BCUT2D eigenvalue weighted by Crippen LogP contribution is 2.42. The van der Waals surface area contributed by atoms with Crippen molar-refractivity contribution in [2.45, 2.75) is 32.4 Å². The second kappa shape index (κ2) is 7.10. The van der Waals surface area contributed by atoms with Gasteiger partial charge in [0.05, 0.1) is 30.7 Å². The number of carbonyl (C=O) groups is 1. The van der Waals surface area contributed by atoms with Gasteiger partial charge in [0.15, 0.2) is 5.13 Å². The average molecular weight is 425 g/mol. The molecule has 2 aliphatic heterocycles. The molecule has 2 aliphatic rings. The molecule has 1 aromatic carbocycles. The topological polar surface area (TPSA) is 98.3 Å².